The maximum Gasteiger partial charge on any atom is 0.228 e. The van der Waals surface area contributed by atoms with Gasteiger partial charge >= 0.3 is 0 Å². The molecule has 1 nitrogen and oxygen atoms in total. The van der Waals surface area contributed by atoms with E-state index in [9.17, 15) is 4.39 Å². The predicted octanol–water partition coefficient (Wildman–Crippen LogP) is 4.29. The van der Waals surface area contributed by atoms with Crippen LogP contribution in [0.1, 0.15) is 44.1 Å². The molecule has 1 fully saturated rings. The minimum atomic E-state index is -0.750. The van der Waals surface area contributed by atoms with Crippen molar-refractivity contribution in [3.05, 3.63) is 29.8 Å². The zero-order valence-electron chi connectivity index (χ0n) is 9.79. The predicted molar refractivity (Wildman–Crippen MR) is 63.4 cm³/mol. The third-order valence-electron chi connectivity index (χ3n) is 3.59. The molecule has 88 valence electrons. The number of alkyl halides is 1. The highest BCUT2D eigenvalue weighted by Crippen LogP contribution is 2.35. The highest BCUT2D eigenvalue weighted by Gasteiger charge is 2.19. The molecule has 0 atom stereocenters. The van der Waals surface area contributed by atoms with Gasteiger partial charge in [0.1, 0.15) is 5.75 Å². The molecule has 1 aromatic carbocycles. The summed E-state index contributed by atoms with van der Waals surface area (Å²) in [5, 5.41) is 0. The number of hydrogen-bond acceptors (Lipinski definition) is 1. The summed E-state index contributed by atoms with van der Waals surface area (Å²) in [5.74, 6) is 2.19. The minimum absolute atomic E-state index is 0.621. The molecule has 1 aliphatic rings. The topological polar surface area (TPSA) is 9.23 Å². The lowest BCUT2D eigenvalue weighted by molar-refractivity contribution is 0.191. The zero-order valence-corrected chi connectivity index (χ0v) is 9.79. The number of hydrogen-bond donors (Lipinski definition) is 0. The monoisotopic (exact) mass is 222 g/mol. The molecule has 16 heavy (non-hydrogen) atoms. The summed E-state index contributed by atoms with van der Waals surface area (Å²) in [7, 11) is 0. The second-order valence-corrected chi connectivity index (χ2v) is 4.78. The van der Waals surface area contributed by atoms with Crippen LogP contribution in [0.15, 0.2) is 24.3 Å². The number of benzene rings is 1. The van der Waals surface area contributed by atoms with Gasteiger partial charge in [-0.25, -0.2) is 4.39 Å². The van der Waals surface area contributed by atoms with Crippen molar-refractivity contribution in [2.45, 2.75) is 38.5 Å². The maximum atomic E-state index is 12.0. The van der Waals surface area contributed by atoms with Crippen LogP contribution in [0, 0.1) is 5.92 Å². The SMILES string of the molecule is CC1CCC(c2ccc(OCF)cc2)CC1. The Morgan fingerprint density at radius 2 is 1.75 bits per heavy atom. The van der Waals surface area contributed by atoms with E-state index < -0.39 is 6.86 Å². The molecule has 1 saturated carbocycles. The fourth-order valence-electron chi connectivity index (χ4n) is 2.49. The lowest BCUT2D eigenvalue weighted by atomic mass is 9.79. The van der Waals surface area contributed by atoms with Crippen molar-refractivity contribution in [2.75, 3.05) is 6.86 Å². The first-order chi connectivity index (χ1) is 7.79. The van der Waals surface area contributed by atoms with E-state index >= 15 is 0 Å². The van der Waals surface area contributed by atoms with Gasteiger partial charge in [-0.3, -0.25) is 0 Å². The summed E-state index contributed by atoms with van der Waals surface area (Å²) >= 11 is 0. The standard InChI is InChI=1S/C14H19FO/c1-11-2-4-12(5-3-11)13-6-8-14(9-7-13)16-10-15/h6-9,11-12H,2-5,10H2,1H3. The van der Waals surface area contributed by atoms with Crippen LogP contribution >= 0.6 is 0 Å². The summed E-state index contributed by atoms with van der Waals surface area (Å²) in [6, 6.07) is 7.89. The van der Waals surface area contributed by atoms with Crippen molar-refractivity contribution < 1.29 is 9.13 Å². The third-order valence-corrected chi connectivity index (χ3v) is 3.59. The molecule has 1 aliphatic carbocycles. The summed E-state index contributed by atoms with van der Waals surface area (Å²) in [6.07, 6.45) is 5.22. The van der Waals surface area contributed by atoms with Gasteiger partial charge in [-0.2, -0.15) is 0 Å². The van der Waals surface area contributed by atoms with Gasteiger partial charge in [-0.05, 0) is 42.4 Å². The molecule has 0 spiro atoms. The summed E-state index contributed by atoms with van der Waals surface area (Å²) < 4.78 is 16.8. The van der Waals surface area contributed by atoms with Crippen LogP contribution in [0.25, 0.3) is 0 Å². The van der Waals surface area contributed by atoms with E-state index in [0.29, 0.717) is 11.7 Å². The minimum Gasteiger partial charge on any atom is -0.463 e. The molecule has 0 aliphatic heterocycles. The first-order valence-corrected chi connectivity index (χ1v) is 6.08. The maximum absolute atomic E-state index is 12.0. The Morgan fingerprint density at radius 1 is 1.12 bits per heavy atom. The number of rotatable bonds is 3. The van der Waals surface area contributed by atoms with Crippen molar-refractivity contribution in [1.82, 2.24) is 0 Å². The largest absolute Gasteiger partial charge is 0.463 e. The average Bonchev–Trinajstić information content (AvgIpc) is 2.32. The van der Waals surface area contributed by atoms with Crippen LogP contribution in [0.5, 0.6) is 5.75 Å². The van der Waals surface area contributed by atoms with Gasteiger partial charge in [0.25, 0.3) is 0 Å². The van der Waals surface area contributed by atoms with E-state index in [1.807, 2.05) is 12.1 Å². The summed E-state index contributed by atoms with van der Waals surface area (Å²) in [6.45, 7) is 1.58. The van der Waals surface area contributed by atoms with Gasteiger partial charge in [0.15, 0.2) is 0 Å². The van der Waals surface area contributed by atoms with E-state index in [-0.39, 0.29) is 0 Å². The van der Waals surface area contributed by atoms with Gasteiger partial charge in [0, 0.05) is 0 Å². The Morgan fingerprint density at radius 3 is 2.31 bits per heavy atom. The highest BCUT2D eigenvalue weighted by molar-refractivity contribution is 5.29. The van der Waals surface area contributed by atoms with Gasteiger partial charge in [0.05, 0.1) is 0 Å². The van der Waals surface area contributed by atoms with Crippen molar-refractivity contribution in [3.63, 3.8) is 0 Å². The third kappa shape index (κ3) is 2.75. The van der Waals surface area contributed by atoms with E-state index in [0.717, 1.165) is 5.92 Å². The van der Waals surface area contributed by atoms with Gasteiger partial charge in [-0.15, -0.1) is 0 Å². The fourth-order valence-corrected chi connectivity index (χ4v) is 2.49. The second-order valence-electron chi connectivity index (χ2n) is 4.78. The first-order valence-electron chi connectivity index (χ1n) is 6.08. The number of ether oxygens (including phenoxy) is 1. The fraction of sp³-hybridized carbons (Fsp3) is 0.571. The first kappa shape index (κ1) is 11.4. The Balaban J connectivity index is 1.98. The molecule has 0 saturated heterocycles. The lowest BCUT2D eigenvalue weighted by Gasteiger charge is -2.26. The smallest absolute Gasteiger partial charge is 0.228 e. The van der Waals surface area contributed by atoms with E-state index in [1.165, 1.54) is 31.2 Å². The van der Waals surface area contributed by atoms with Crippen LogP contribution in [0.3, 0.4) is 0 Å². The Hall–Kier alpha value is -1.05. The molecular formula is C14H19FO. The molecule has 0 bridgehead atoms. The van der Waals surface area contributed by atoms with Gasteiger partial charge < -0.3 is 4.74 Å². The van der Waals surface area contributed by atoms with Gasteiger partial charge in [-0.1, -0.05) is 31.9 Å². The zero-order chi connectivity index (χ0) is 11.4. The van der Waals surface area contributed by atoms with Gasteiger partial charge in [0.2, 0.25) is 6.86 Å². The summed E-state index contributed by atoms with van der Waals surface area (Å²) in [4.78, 5) is 0. The van der Waals surface area contributed by atoms with Crippen molar-refractivity contribution in [2.24, 2.45) is 5.92 Å². The molecule has 0 N–H and O–H groups in total. The highest BCUT2D eigenvalue weighted by atomic mass is 19.1. The molecule has 0 heterocycles. The van der Waals surface area contributed by atoms with Crippen molar-refractivity contribution >= 4 is 0 Å². The number of halogens is 1. The molecule has 2 heteroatoms. The van der Waals surface area contributed by atoms with Crippen LogP contribution < -0.4 is 4.74 Å². The Kier molecular flexibility index (Phi) is 3.81. The van der Waals surface area contributed by atoms with Crippen LogP contribution in [-0.2, 0) is 0 Å². The Labute approximate surface area is 96.6 Å². The molecule has 0 amide bonds. The van der Waals surface area contributed by atoms with Crippen LogP contribution in [-0.4, -0.2) is 6.86 Å². The molecule has 0 aromatic heterocycles. The quantitative estimate of drug-likeness (QED) is 0.741. The molecule has 0 radical (unpaired) electrons. The lowest BCUT2D eigenvalue weighted by Crippen LogP contribution is -2.10. The average molecular weight is 222 g/mol. The van der Waals surface area contributed by atoms with Crippen LogP contribution in [0.2, 0.25) is 0 Å². The van der Waals surface area contributed by atoms with E-state index in [2.05, 4.69) is 19.1 Å². The molecular weight excluding hydrogens is 203 g/mol. The normalized spacial score (nSPS) is 25.4. The van der Waals surface area contributed by atoms with E-state index in [1.54, 1.807) is 0 Å². The van der Waals surface area contributed by atoms with Crippen molar-refractivity contribution in [1.29, 1.82) is 0 Å². The van der Waals surface area contributed by atoms with E-state index in [4.69, 9.17) is 4.74 Å². The van der Waals surface area contributed by atoms with Crippen LogP contribution in [0.4, 0.5) is 4.39 Å². The second kappa shape index (κ2) is 5.33. The molecule has 2 rings (SSSR count). The Bertz CT molecular complexity index is 312. The molecule has 1 aromatic rings. The summed E-state index contributed by atoms with van der Waals surface area (Å²) in [5.41, 5.74) is 1.37. The molecule has 0 unspecified atom stereocenters. The van der Waals surface area contributed by atoms with Crippen molar-refractivity contribution in [3.8, 4) is 5.75 Å².